The largest absolute Gasteiger partial charge is 0.506 e. The van der Waals surface area contributed by atoms with Crippen molar-refractivity contribution in [2.45, 2.75) is 196 Å². The van der Waals surface area contributed by atoms with Gasteiger partial charge in [-0.05, 0) is 86.5 Å². The summed E-state index contributed by atoms with van der Waals surface area (Å²) < 4.78 is 6.17. The monoisotopic (exact) mass is 870 g/mol. The van der Waals surface area contributed by atoms with E-state index in [9.17, 15) is 19.5 Å². The predicted molar refractivity (Wildman–Crippen MR) is 263 cm³/mol. The molecule has 3 aliphatic rings. The second-order valence-corrected chi connectivity index (χ2v) is 19.1. The summed E-state index contributed by atoms with van der Waals surface area (Å²) >= 11 is 0. The van der Waals surface area contributed by atoms with Gasteiger partial charge in [0.05, 0.1) is 11.1 Å². The van der Waals surface area contributed by atoms with E-state index in [4.69, 9.17) is 4.74 Å². The zero-order valence-electron chi connectivity index (χ0n) is 41.0. The van der Waals surface area contributed by atoms with Crippen LogP contribution in [0.1, 0.15) is 196 Å². The van der Waals surface area contributed by atoms with Crippen LogP contribution < -0.4 is 15.0 Å². The molecule has 352 valence electrons. The van der Waals surface area contributed by atoms with Gasteiger partial charge in [-0.15, -0.1) is 0 Å². The van der Waals surface area contributed by atoms with Gasteiger partial charge in [0.2, 0.25) is 5.78 Å². The van der Waals surface area contributed by atoms with Crippen molar-refractivity contribution < 1.29 is 24.2 Å². The molecule has 4 unspecified atom stereocenters. The summed E-state index contributed by atoms with van der Waals surface area (Å²) in [6.07, 6.45) is 28.3. The third-order valence-electron chi connectivity index (χ3n) is 14.3. The van der Waals surface area contributed by atoms with E-state index in [-0.39, 0.29) is 40.1 Å². The van der Waals surface area contributed by atoms with Crippen LogP contribution in [0.5, 0.6) is 5.75 Å². The number of unbranched alkanes of at least 4 members (excludes halogenated alkanes) is 4. The Morgan fingerprint density at radius 2 is 1.17 bits per heavy atom. The highest BCUT2D eigenvalue weighted by molar-refractivity contribution is 6.41. The van der Waals surface area contributed by atoms with Gasteiger partial charge in [-0.3, -0.25) is 9.59 Å². The van der Waals surface area contributed by atoms with Crippen molar-refractivity contribution in [1.29, 1.82) is 0 Å². The summed E-state index contributed by atoms with van der Waals surface area (Å²) in [6, 6.07) is 5.79. The van der Waals surface area contributed by atoms with Crippen LogP contribution in [0.4, 0.5) is 10.5 Å². The number of ketones is 2. The van der Waals surface area contributed by atoms with Gasteiger partial charge in [0.15, 0.2) is 5.78 Å². The molecular weight excluding hydrogens is 783 g/mol. The first-order chi connectivity index (χ1) is 30.5. The molecular formula is C55H87N3O5. The molecule has 3 aliphatic carbocycles. The number of carbonyl (C=O) groups excluding carboxylic acids is 3. The van der Waals surface area contributed by atoms with Gasteiger partial charge in [-0.1, -0.05) is 152 Å². The number of hydrogen-bond donors (Lipinski definition) is 2. The fourth-order valence-corrected chi connectivity index (χ4v) is 9.84. The number of anilines is 1. The quantitative estimate of drug-likeness (QED) is 0.0774. The normalized spacial score (nSPS) is 18.8. The molecule has 0 aromatic heterocycles. The van der Waals surface area contributed by atoms with E-state index in [1.54, 1.807) is 12.2 Å². The minimum atomic E-state index is -0.548. The topological polar surface area (TPSA) is 99.2 Å². The predicted octanol–water partition coefficient (Wildman–Crippen LogP) is 14.3. The third-order valence-corrected chi connectivity index (χ3v) is 14.3. The van der Waals surface area contributed by atoms with Crippen molar-refractivity contribution >= 4 is 28.9 Å². The summed E-state index contributed by atoms with van der Waals surface area (Å²) in [4.78, 5) is 46.8. The molecule has 0 heterocycles. The average molecular weight is 870 g/mol. The maximum atomic E-state index is 14.3. The Kier molecular flexibility index (Phi) is 22.6. The maximum Gasteiger partial charge on any atom is 0.412 e. The molecule has 1 fully saturated rings. The van der Waals surface area contributed by atoms with Crippen LogP contribution in [0.15, 0.2) is 59.0 Å². The molecule has 1 saturated carbocycles. The molecule has 0 aliphatic heterocycles. The van der Waals surface area contributed by atoms with Crippen LogP contribution >= 0.6 is 0 Å². The Morgan fingerprint density at radius 3 is 1.62 bits per heavy atom. The Balaban J connectivity index is 1.73. The van der Waals surface area contributed by atoms with Crippen molar-refractivity contribution in [2.75, 3.05) is 31.1 Å². The number of ether oxygens (including phenoxy) is 1. The fourth-order valence-electron chi connectivity index (χ4n) is 9.84. The molecule has 0 spiro atoms. The molecule has 4 atom stereocenters. The molecule has 8 nitrogen and oxygen atoms in total. The second-order valence-electron chi connectivity index (χ2n) is 19.1. The van der Waals surface area contributed by atoms with E-state index in [1.807, 2.05) is 24.3 Å². The van der Waals surface area contributed by atoms with E-state index in [0.717, 1.165) is 140 Å². The number of carbonyl (C=O) groups is 3. The molecule has 1 aromatic rings. The van der Waals surface area contributed by atoms with Crippen molar-refractivity contribution in [3.8, 4) is 5.75 Å². The van der Waals surface area contributed by atoms with Gasteiger partial charge in [0.1, 0.15) is 11.5 Å². The highest BCUT2D eigenvalue weighted by Gasteiger charge is 2.40. The van der Waals surface area contributed by atoms with Crippen LogP contribution in [0.3, 0.4) is 0 Å². The second kappa shape index (κ2) is 27.5. The number of rotatable bonds is 29. The zero-order chi connectivity index (χ0) is 45.7. The van der Waals surface area contributed by atoms with E-state index in [0.29, 0.717) is 29.2 Å². The first-order valence-electron chi connectivity index (χ1n) is 25.8. The number of aliphatic hydroxyl groups excluding tert-OH is 1. The third kappa shape index (κ3) is 15.1. The number of benzene rings is 1. The van der Waals surface area contributed by atoms with Crippen LogP contribution in [0, 0.1) is 23.7 Å². The van der Waals surface area contributed by atoms with Crippen LogP contribution in [0.2, 0.25) is 0 Å². The van der Waals surface area contributed by atoms with Crippen molar-refractivity contribution in [3.05, 3.63) is 64.6 Å². The molecule has 1 amide bonds. The maximum absolute atomic E-state index is 14.3. The summed E-state index contributed by atoms with van der Waals surface area (Å²) in [6.45, 7) is 21.6. The molecule has 4 rings (SSSR count). The molecule has 2 N–H and O–H groups in total. The van der Waals surface area contributed by atoms with E-state index < -0.39 is 11.9 Å². The molecule has 1 aromatic carbocycles. The van der Waals surface area contributed by atoms with Crippen molar-refractivity contribution in [2.24, 2.45) is 23.7 Å². The molecule has 0 bridgehead atoms. The lowest BCUT2D eigenvalue weighted by molar-refractivity contribution is -0.114. The number of Topliss-reactive ketones (excluding diaryl/α,β-unsaturated/α-hetero) is 1. The number of nitrogens with one attached hydrogen (secondary N) is 1. The molecule has 0 saturated heterocycles. The van der Waals surface area contributed by atoms with Gasteiger partial charge >= 0.3 is 6.09 Å². The number of aliphatic hydroxyl groups is 1. The Morgan fingerprint density at radius 1 is 0.683 bits per heavy atom. The Hall–Kier alpha value is -3.81. The molecule has 0 radical (unpaired) electrons. The van der Waals surface area contributed by atoms with E-state index in [1.165, 1.54) is 32.1 Å². The number of hydrogen-bond acceptors (Lipinski definition) is 7. The Labute approximate surface area is 383 Å². The highest BCUT2D eigenvalue weighted by Crippen LogP contribution is 2.44. The minimum absolute atomic E-state index is 0.0311. The van der Waals surface area contributed by atoms with Crippen molar-refractivity contribution in [1.82, 2.24) is 10.2 Å². The summed E-state index contributed by atoms with van der Waals surface area (Å²) in [5.74, 6) is 1.44. The van der Waals surface area contributed by atoms with Gasteiger partial charge in [0, 0.05) is 66.9 Å². The van der Waals surface area contributed by atoms with Crippen molar-refractivity contribution in [3.63, 3.8) is 0 Å². The SMILES string of the molecule is CCCCC(CC)CN(CC(CC)CCCC)C1=CC(=O)C(=C2C(=O)C(c3ccc(N(CC(CC)CCCC)CC(CC)CCCC)cc3OC(=O)NC3CCCCC3)=C2O)C=C1. The lowest BCUT2D eigenvalue weighted by atomic mass is 9.79. The zero-order valence-corrected chi connectivity index (χ0v) is 41.0. The van der Waals surface area contributed by atoms with Gasteiger partial charge in [-0.2, -0.15) is 0 Å². The smallest absolute Gasteiger partial charge is 0.412 e. The highest BCUT2D eigenvalue weighted by atomic mass is 16.6. The standard InChI is InChI=1S/C55H87N3O5/c1-9-17-24-40(13-5)36-57(37-41(14-6)25-18-10-2)45-30-32-47(49(59)34-45)51-53(60)52(54(51)61)48-33-31-46(35-50(48)63-55(62)56-44-28-22-21-23-29-44)58(38-42(15-7)26-19-11-3)39-43(16-8)27-20-12-4/h30-35,40-44,60H,9-29,36-39H2,1-8H3,(H,56,62). The van der Waals surface area contributed by atoms with Gasteiger partial charge in [-0.25, -0.2) is 4.79 Å². The first-order valence-corrected chi connectivity index (χ1v) is 25.8. The van der Waals surface area contributed by atoms with E-state index >= 15 is 0 Å². The van der Waals surface area contributed by atoms with Crippen LogP contribution in [-0.4, -0.2) is 59.9 Å². The summed E-state index contributed by atoms with van der Waals surface area (Å²) in [5, 5.41) is 14.9. The number of allylic oxidation sites excluding steroid dienone is 6. The fraction of sp³-hybridized carbons (Fsp3) is 0.691. The molecule has 63 heavy (non-hydrogen) atoms. The van der Waals surface area contributed by atoms with Crippen LogP contribution in [0.25, 0.3) is 5.57 Å². The lowest BCUT2D eigenvalue weighted by Crippen LogP contribution is -2.38. The minimum Gasteiger partial charge on any atom is -0.506 e. The van der Waals surface area contributed by atoms with E-state index in [2.05, 4.69) is 70.5 Å². The summed E-state index contributed by atoms with van der Waals surface area (Å²) in [5.41, 5.74) is 2.51. The number of amides is 1. The first kappa shape index (κ1) is 51.8. The average Bonchev–Trinajstić information content (AvgIpc) is 3.29. The molecule has 8 heteroatoms. The van der Waals surface area contributed by atoms with Crippen LogP contribution in [-0.2, 0) is 9.59 Å². The number of nitrogens with zero attached hydrogens (tertiary/aromatic N) is 2. The van der Waals surface area contributed by atoms with Gasteiger partial charge in [0.25, 0.3) is 0 Å². The summed E-state index contributed by atoms with van der Waals surface area (Å²) in [7, 11) is 0. The Bertz CT molecular complexity index is 1700. The van der Waals surface area contributed by atoms with Gasteiger partial charge < -0.3 is 25.0 Å². The lowest BCUT2D eigenvalue weighted by Gasteiger charge is -2.34.